The van der Waals surface area contributed by atoms with Crippen LogP contribution in [0, 0.1) is 6.92 Å². The maximum atomic E-state index is 2.27. The van der Waals surface area contributed by atoms with E-state index in [9.17, 15) is 0 Å². The zero-order valence-electron chi connectivity index (χ0n) is 7.66. The largest absolute Gasteiger partial charge is 0.141 e. The molecule has 0 spiro atoms. The highest BCUT2D eigenvalue weighted by molar-refractivity contribution is 7.13. The van der Waals surface area contributed by atoms with Crippen molar-refractivity contribution in [1.29, 1.82) is 0 Å². The van der Waals surface area contributed by atoms with Gasteiger partial charge in [-0.05, 0) is 31.1 Å². The SMILES string of the molecule is Cc1ccc(C2=CCC=CC=C2)s1. The summed E-state index contributed by atoms with van der Waals surface area (Å²) in [5.74, 6) is 0. The Bertz CT molecular complexity index is 378. The molecule has 0 radical (unpaired) electrons. The summed E-state index contributed by atoms with van der Waals surface area (Å²) in [6.45, 7) is 2.15. The van der Waals surface area contributed by atoms with Gasteiger partial charge in [0.15, 0.2) is 0 Å². The third-order valence-electron chi connectivity index (χ3n) is 2.02. The van der Waals surface area contributed by atoms with Gasteiger partial charge in [-0.25, -0.2) is 0 Å². The summed E-state index contributed by atoms with van der Waals surface area (Å²) in [5, 5.41) is 0. The number of allylic oxidation sites excluding steroid dienone is 6. The Hall–Kier alpha value is -1.08. The summed E-state index contributed by atoms with van der Waals surface area (Å²) in [6, 6.07) is 4.37. The molecule has 66 valence electrons. The molecule has 13 heavy (non-hydrogen) atoms. The first-order valence-electron chi connectivity index (χ1n) is 4.46. The second kappa shape index (κ2) is 3.75. The molecule has 1 aliphatic carbocycles. The third-order valence-corrected chi connectivity index (χ3v) is 3.07. The van der Waals surface area contributed by atoms with Crippen LogP contribution in [-0.2, 0) is 0 Å². The van der Waals surface area contributed by atoms with E-state index >= 15 is 0 Å². The minimum absolute atomic E-state index is 1.04. The molecule has 0 N–H and O–H groups in total. The van der Waals surface area contributed by atoms with E-state index in [1.807, 2.05) is 11.3 Å². The molecule has 0 amide bonds. The van der Waals surface area contributed by atoms with Crippen LogP contribution in [0.2, 0.25) is 0 Å². The number of thiophene rings is 1. The number of rotatable bonds is 1. The molecule has 1 heterocycles. The Labute approximate surface area is 82.9 Å². The normalized spacial score (nSPS) is 15.6. The summed E-state index contributed by atoms with van der Waals surface area (Å²) in [7, 11) is 0. The molecule has 0 saturated carbocycles. The van der Waals surface area contributed by atoms with Gasteiger partial charge in [0, 0.05) is 9.75 Å². The number of hydrogen-bond donors (Lipinski definition) is 0. The van der Waals surface area contributed by atoms with E-state index in [1.54, 1.807) is 0 Å². The van der Waals surface area contributed by atoms with Crippen molar-refractivity contribution in [3.05, 3.63) is 52.3 Å². The molecule has 0 aromatic carbocycles. The van der Waals surface area contributed by atoms with Crippen LogP contribution in [0.25, 0.3) is 5.57 Å². The Balaban J connectivity index is 2.31. The van der Waals surface area contributed by atoms with Gasteiger partial charge >= 0.3 is 0 Å². The van der Waals surface area contributed by atoms with Crippen LogP contribution in [0.1, 0.15) is 16.2 Å². The molecular weight excluding hydrogens is 176 g/mol. The molecule has 0 atom stereocenters. The monoisotopic (exact) mass is 188 g/mol. The van der Waals surface area contributed by atoms with E-state index in [1.165, 1.54) is 15.3 Å². The van der Waals surface area contributed by atoms with Gasteiger partial charge in [0.05, 0.1) is 0 Å². The molecule has 0 nitrogen and oxygen atoms in total. The van der Waals surface area contributed by atoms with Gasteiger partial charge in [0.2, 0.25) is 0 Å². The van der Waals surface area contributed by atoms with Gasteiger partial charge in [0.25, 0.3) is 0 Å². The first-order valence-corrected chi connectivity index (χ1v) is 5.28. The minimum Gasteiger partial charge on any atom is -0.141 e. The molecule has 1 aromatic heterocycles. The van der Waals surface area contributed by atoms with Gasteiger partial charge in [-0.15, -0.1) is 11.3 Å². The zero-order valence-corrected chi connectivity index (χ0v) is 8.47. The molecule has 0 saturated heterocycles. The van der Waals surface area contributed by atoms with Crippen molar-refractivity contribution in [2.75, 3.05) is 0 Å². The Morgan fingerprint density at radius 3 is 2.92 bits per heavy atom. The van der Waals surface area contributed by atoms with E-state index in [4.69, 9.17) is 0 Å². The predicted molar refractivity (Wildman–Crippen MR) is 59.9 cm³/mol. The maximum absolute atomic E-state index is 2.27. The third kappa shape index (κ3) is 1.99. The Morgan fingerprint density at radius 1 is 1.23 bits per heavy atom. The van der Waals surface area contributed by atoms with E-state index in [2.05, 4.69) is 49.4 Å². The van der Waals surface area contributed by atoms with Crippen molar-refractivity contribution in [3.63, 3.8) is 0 Å². The van der Waals surface area contributed by atoms with E-state index in [0.29, 0.717) is 0 Å². The van der Waals surface area contributed by atoms with Crippen LogP contribution in [0.3, 0.4) is 0 Å². The molecule has 1 aromatic rings. The topological polar surface area (TPSA) is 0 Å². The fraction of sp³-hybridized carbons (Fsp3) is 0.167. The zero-order chi connectivity index (χ0) is 9.10. The average Bonchev–Trinajstić information content (AvgIpc) is 2.43. The molecule has 1 heteroatoms. The molecule has 2 rings (SSSR count). The summed E-state index contributed by atoms with van der Waals surface area (Å²) in [6.07, 6.45) is 11.9. The van der Waals surface area contributed by atoms with Crippen molar-refractivity contribution in [3.8, 4) is 0 Å². The molecule has 0 fully saturated rings. The average molecular weight is 188 g/mol. The van der Waals surface area contributed by atoms with Gasteiger partial charge in [-0.2, -0.15) is 0 Å². The predicted octanol–water partition coefficient (Wildman–Crippen LogP) is 3.96. The van der Waals surface area contributed by atoms with Crippen LogP contribution in [0.4, 0.5) is 0 Å². The molecule has 0 bridgehead atoms. The summed E-state index contributed by atoms with van der Waals surface area (Å²) >= 11 is 1.86. The van der Waals surface area contributed by atoms with Crippen LogP contribution in [-0.4, -0.2) is 0 Å². The lowest BCUT2D eigenvalue weighted by Crippen LogP contribution is -1.71. The standard InChI is InChI=1S/C12H12S/c1-10-8-9-12(13-10)11-6-4-2-3-5-7-11/h2-4,6-9H,5H2,1H3. The smallest absolute Gasteiger partial charge is 0.0342 e. The van der Waals surface area contributed by atoms with Gasteiger partial charge in [0.1, 0.15) is 0 Å². The lowest BCUT2D eigenvalue weighted by atomic mass is 10.2. The van der Waals surface area contributed by atoms with Crippen molar-refractivity contribution in [2.45, 2.75) is 13.3 Å². The van der Waals surface area contributed by atoms with Crippen molar-refractivity contribution >= 4 is 16.9 Å². The van der Waals surface area contributed by atoms with Gasteiger partial charge in [-0.1, -0.05) is 30.4 Å². The lowest BCUT2D eigenvalue weighted by molar-refractivity contribution is 1.41. The maximum Gasteiger partial charge on any atom is 0.0342 e. The van der Waals surface area contributed by atoms with Gasteiger partial charge < -0.3 is 0 Å². The Kier molecular flexibility index (Phi) is 2.46. The highest BCUT2D eigenvalue weighted by Gasteiger charge is 2.00. The van der Waals surface area contributed by atoms with Crippen LogP contribution in [0.5, 0.6) is 0 Å². The fourth-order valence-electron chi connectivity index (χ4n) is 1.35. The van der Waals surface area contributed by atoms with Crippen molar-refractivity contribution in [1.82, 2.24) is 0 Å². The summed E-state index contributed by atoms with van der Waals surface area (Å²) < 4.78 is 0. The van der Waals surface area contributed by atoms with Crippen molar-refractivity contribution in [2.24, 2.45) is 0 Å². The van der Waals surface area contributed by atoms with Crippen LogP contribution >= 0.6 is 11.3 Å². The van der Waals surface area contributed by atoms with Crippen LogP contribution < -0.4 is 0 Å². The second-order valence-corrected chi connectivity index (χ2v) is 4.38. The van der Waals surface area contributed by atoms with E-state index in [0.717, 1.165) is 6.42 Å². The first-order chi connectivity index (χ1) is 6.36. The first kappa shape index (κ1) is 8.52. The molecular formula is C12H12S. The lowest BCUT2D eigenvalue weighted by Gasteiger charge is -1.95. The van der Waals surface area contributed by atoms with Crippen molar-refractivity contribution < 1.29 is 0 Å². The highest BCUT2D eigenvalue weighted by atomic mass is 32.1. The summed E-state index contributed by atoms with van der Waals surface area (Å²) in [4.78, 5) is 2.75. The molecule has 1 aliphatic rings. The fourth-order valence-corrected chi connectivity index (χ4v) is 2.24. The van der Waals surface area contributed by atoms with E-state index in [-0.39, 0.29) is 0 Å². The molecule has 0 unspecified atom stereocenters. The summed E-state index contributed by atoms with van der Waals surface area (Å²) in [5.41, 5.74) is 1.35. The molecule has 0 aliphatic heterocycles. The highest BCUT2D eigenvalue weighted by Crippen LogP contribution is 2.25. The van der Waals surface area contributed by atoms with E-state index < -0.39 is 0 Å². The quantitative estimate of drug-likeness (QED) is 0.626. The van der Waals surface area contributed by atoms with Gasteiger partial charge in [-0.3, -0.25) is 0 Å². The Morgan fingerprint density at radius 2 is 2.15 bits per heavy atom. The minimum atomic E-state index is 1.04. The number of aryl methyl sites for hydroxylation is 1. The number of hydrogen-bond acceptors (Lipinski definition) is 1. The van der Waals surface area contributed by atoms with Crippen LogP contribution in [0.15, 0.2) is 42.5 Å². The second-order valence-electron chi connectivity index (χ2n) is 3.09.